The summed E-state index contributed by atoms with van der Waals surface area (Å²) in [5, 5.41) is 13.3. The van der Waals surface area contributed by atoms with E-state index >= 15 is 0 Å². The first-order valence-electron chi connectivity index (χ1n) is 33.3. The molecule has 10 nitrogen and oxygen atoms in total. The minimum absolute atomic E-state index is 0.910. The van der Waals surface area contributed by atoms with Gasteiger partial charge in [-0.3, -0.25) is 19.9 Å². The van der Waals surface area contributed by atoms with Crippen molar-refractivity contribution < 1.29 is 0 Å². The fraction of sp³-hybridized carbons (Fsp3) is 0. The Morgan fingerprint density at radius 1 is 0.180 bits per heavy atom. The lowest BCUT2D eigenvalue weighted by Crippen LogP contribution is -1.92. The van der Waals surface area contributed by atoms with Crippen LogP contribution < -0.4 is 0 Å². The van der Waals surface area contributed by atoms with Crippen LogP contribution in [0.3, 0.4) is 0 Å². The summed E-state index contributed by atoms with van der Waals surface area (Å²) in [7, 11) is 0. The van der Waals surface area contributed by atoms with Gasteiger partial charge in [0.2, 0.25) is 0 Å². The van der Waals surface area contributed by atoms with E-state index in [1.165, 1.54) is 0 Å². The normalized spacial score (nSPS) is 11.6. The monoisotopic (exact) mass is 1270 g/mol. The third-order valence-corrected chi connectivity index (χ3v) is 19.1. The van der Waals surface area contributed by atoms with Gasteiger partial charge in [0.05, 0.1) is 78.3 Å². The Labute approximate surface area is 573 Å². The summed E-state index contributed by atoms with van der Waals surface area (Å²) >= 11 is 0. The molecule has 0 radical (unpaired) electrons. The van der Waals surface area contributed by atoms with Crippen molar-refractivity contribution in [2.45, 2.75) is 0 Å². The summed E-state index contributed by atoms with van der Waals surface area (Å²) in [5.74, 6) is 0. The molecule has 10 heteroatoms. The second kappa shape index (κ2) is 24.2. The number of aromatic nitrogens is 10. The summed E-state index contributed by atoms with van der Waals surface area (Å²) in [5.41, 5.74) is 23.8. The highest BCUT2D eigenvalue weighted by atomic mass is 14.8. The van der Waals surface area contributed by atoms with Crippen molar-refractivity contribution in [3.05, 3.63) is 328 Å². The van der Waals surface area contributed by atoms with Gasteiger partial charge in [-0.05, 0) is 153 Å². The van der Waals surface area contributed by atoms with E-state index in [0.717, 1.165) is 199 Å². The number of benzene rings is 10. The van der Waals surface area contributed by atoms with Gasteiger partial charge in [-0.2, -0.15) is 0 Å². The lowest BCUT2D eigenvalue weighted by Gasteiger charge is -2.13. The number of fused-ring (bicyclic) bond motifs is 12. The quantitative estimate of drug-likeness (QED) is 0.136. The Hall–Kier alpha value is -13.7. The Morgan fingerprint density at radius 2 is 0.490 bits per heavy atom. The highest BCUT2D eigenvalue weighted by Gasteiger charge is 2.16. The average Bonchev–Trinajstić information content (AvgIpc) is 0.772. The van der Waals surface area contributed by atoms with Crippen LogP contribution in [-0.4, -0.2) is 49.8 Å². The number of nitrogens with zero attached hydrogens (tertiary/aromatic N) is 10. The van der Waals surface area contributed by atoms with E-state index in [1.807, 2.05) is 73.3 Å². The van der Waals surface area contributed by atoms with Gasteiger partial charge < -0.3 is 0 Å². The predicted octanol–water partition coefficient (Wildman–Crippen LogP) is 22.2. The van der Waals surface area contributed by atoms with Crippen molar-refractivity contribution in [3.8, 4) is 89.8 Å². The minimum Gasteiger partial charge on any atom is -0.264 e. The molecule has 464 valence electrons. The fourth-order valence-electron chi connectivity index (χ4n) is 13.9. The van der Waals surface area contributed by atoms with E-state index in [1.54, 1.807) is 12.4 Å². The molecule has 0 fully saturated rings. The number of hydrogen-bond acceptors (Lipinski definition) is 10. The van der Waals surface area contributed by atoms with E-state index in [-0.39, 0.29) is 0 Å². The molecular weight excluding hydrogens is 1220 g/mol. The van der Waals surface area contributed by atoms with E-state index in [4.69, 9.17) is 29.9 Å². The van der Waals surface area contributed by atoms with E-state index in [2.05, 4.69) is 263 Å². The molecule has 0 saturated heterocycles. The van der Waals surface area contributed by atoms with Crippen molar-refractivity contribution in [2.24, 2.45) is 0 Å². The first kappa shape index (κ1) is 57.7. The van der Waals surface area contributed by atoms with E-state index in [9.17, 15) is 0 Å². The molecule has 0 aliphatic rings. The maximum atomic E-state index is 5.23. The third kappa shape index (κ3) is 10.7. The molecule has 0 spiro atoms. The molecule has 0 saturated carbocycles. The van der Waals surface area contributed by atoms with E-state index in [0.29, 0.717) is 0 Å². The van der Waals surface area contributed by atoms with Crippen molar-refractivity contribution in [1.29, 1.82) is 0 Å². The Balaban J connectivity index is 0.000000139. The highest BCUT2D eigenvalue weighted by molar-refractivity contribution is 6.08. The van der Waals surface area contributed by atoms with Crippen molar-refractivity contribution in [1.82, 2.24) is 49.8 Å². The first-order valence-corrected chi connectivity index (χ1v) is 33.3. The van der Waals surface area contributed by atoms with Gasteiger partial charge in [0.15, 0.2) is 0 Å². The zero-order chi connectivity index (χ0) is 66.0. The maximum absolute atomic E-state index is 5.23. The van der Waals surface area contributed by atoms with Gasteiger partial charge in [0.1, 0.15) is 0 Å². The first-order chi connectivity index (χ1) is 49.5. The minimum atomic E-state index is 0.910. The smallest absolute Gasteiger partial charge is 0.0972 e. The second-order valence-electron chi connectivity index (χ2n) is 25.2. The van der Waals surface area contributed by atoms with Gasteiger partial charge in [-0.25, -0.2) is 29.9 Å². The Kier molecular flexibility index (Phi) is 14.0. The molecule has 0 N–H and O–H groups in total. The summed E-state index contributed by atoms with van der Waals surface area (Å²) < 4.78 is 0. The molecule has 0 amide bonds. The van der Waals surface area contributed by atoms with Crippen LogP contribution in [0.4, 0.5) is 0 Å². The third-order valence-electron chi connectivity index (χ3n) is 19.1. The van der Waals surface area contributed by atoms with Gasteiger partial charge in [-0.15, -0.1) is 0 Å². The fourth-order valence-corrected chi connectivity index (χ4v) is 13.9. The molecule has 10 aromatic heterocycles. The average molecular weight is 1280 g/mol. The van der Waals surface area contributed by atoms with Crippen LogP contribution in [-0.2, 0) is 0 Å². The topological polar surface area (TPSA) is 129 Å². The summed E-state index contributed by atoms with van der Waals surface area (Å²) in [6.45, 7) is 0. The molecule has 20 rings (SSSR count). The van der Waals surface area contributed by atoms with Crippen molar-refractivity contribution in [3.63, 3.8) is 0 Å². The van der Waals surface area contributed by atoms with Crippen LogP contribution in [0.25, 0.3) is 199 Å². The summed E-state index contributed by atoms with van der Waals surface area (Å²) in [4.78, 5) is 48.3. The van der Waals surface area contributed by atoms with Gasteiger partial charge in [0.25, 0.3) is 0 Å². The van der Waals surface area contributed by atoms with Gasteiger partial charge in [-0.1, -0.05) is 182 Å². The Morgan fingerprint density at radius 3 is 0.910 bits per heavy atom. The zero-order valence-electron chi connectivity index (χ0n) is 53.6. The number of pyridine rings is 10. The molecule has 0 atom stereocenters. The van der Waals surface area contributed by atoms with Crippen LogP contribution in [0.15, 0.2) is 328 Å². The molecular formula is C90H54N10. The van der Waals surface area contributed by atoms with Crippen molar-refractivity contribution >= 4 is 109 Å². The van der Waals surface area contributed by atoms with Gasteiger partial charge >= 0.3 is 0 Å². The lowest BCUT2D eigenvalue weighted by molar-refractivity contribution is 1.30. The summed E-state index contributed by atoms with van der Waals surface area (Å²) in [6.07, 6.45) is 10.9. The zero-order valence-corrected chi connectivity index (χ0v) is 53.6. The molecule has 0 unspecified atom stereocenters. The molecule has 0 bridgehead atoms. The number of hydrogen-bond donors (Lipinski definition) is 0. The van der Waals surface area contributed by atoms with Gasteiger partial charge in [0, 0.05) is 114 Å². The molecule has 0 aliphatic heterocycles. The second-order valence-corrected chi connectivity index (χ2v) is 25.2. The molecule has 100 heavy (non-hydrogen) atoms. The summed E-state index contributed by atoms with van der Waals surface area (Å²) in [6, 6.07) is 102. The largest absolute Gasteiger partial charge is 0.264 e. The van der Waals surface area contributed by atoms with E-state index < -0.39 is 0 Å². The molecule has 20 aromatic rings. The van der Waals surface area contributed by atoms with Crippen LogP contribution >= 0.6 is 0 Å². The predicted molar refractivity (Wildman–Crippen MR) is 409 cm³/mol. The van der Waals surface area contributed by atoms with Crippen LogP contribution in [0.5, 0.6) is 0 Å². The molecule has 10 heterocycles. The Bertz CT molecular complexity index is 6680. The standard InChI is InChI=1S/2C45H27N5/c1-4-38(27-46-21-1)41-19-16-29-6-10-35(26-43(29)49-41)34-9-5-28-15-18-39(48-42(28)25-34)36-13-11-33-24-37(14-12-32(33)23-36)40-20-17-31-8-7-30-3-2-22-47-44(30)45(31)50-40;1-2-8-36-35(7-1)37(18-19-38(36)41-22-17-31-12-11-30-5-4-24-47-44(30)45(31)50-41)40-21-16-29-10-14-33(26-43(29)49-40)32-13-9-28-15-20-39(48-42(28)25-32)34-6-3-23-46-27-34/h2*1-27H. The maximum Gasteiger partial charge on any atom is 0.0972 e. The lowest BCUT2D eigenvalue weighted by atomic mass is 9.95. The van der Waals surface area contributed by atoms with Crippen LogP contribution in [0.1, 0.15) is 0 Å². The molecule has 0 aliphatic carbocycles. The number of rotatable bonds is 8. The highest BCUT2D eigenvalue weighted by Crippen LogP contribution is 2.39. The van der Waals surface area contributed by atoms with Crippen molar-refractivity contribution in [2.75, 3.05) is 0 Å². The SMILES string of the molecule is c1cncc(-c2ccc3ccc(-c4ccc5ccc(-c6ccc(-c7ccc8ccc9cccnc9c8n7)c7ccccc67)nc5c4)cc3n2)c1.c1cncc(-c2ccc3ccc(-c4ccc5ccc(-c6ccc7cc(-c8ccc9ccc%10cccnc%10c9n8)ccc7c6)nc5c4)cc3n2)c1. The van der Waals surface area contributed by atoms with Crippen LogP contribution in [0, 0.1) is 0 Å². The molecule has 10 aromatic carbocycles. The van der Waals surface area contributed by atoms with Crippen LogP contribution in [0.2, 0.25) is 0 Å².